The third-order valence-corrected chi connectivity index (χ3v) is 3.89. The number of aromatic nitrogens is 1. The third-order valence-electron chi connectivity index (χ3n) is 3.89. The smallest absolute Gasteiger partial charge is 0.191 e. The lowest BCUT2D eigenvalue weighted by Gasteiger charge is -2.12. The minimum atomic E-state index is 0. The van der Waals surface area contributed by atoms with Gasteiger partial charge in [0.1, 0.15) is 12.4 Å². The van der Waals surface area contributed by atoms with Crippen molar-refractivity contribution in [1.82, 2.24) is 15.6 Å². The number of guanidine groups is 1. The molecule has 1 heterocycles. The number of halogens is 1. The highest BCUT2D eigenvalue weighted by molar-refractivity contribution is 14.0. The van der Waals surface area contributed by atoms with Crippen LogP contribution in [0.15, 0.2) is 71.9 Å². The Balaban J connectivity index is 0.00000261. The summed E-state index contributed by atoms with van der Waals surface area (Å²) in [4.78, 5) is 9.14. The molecule has 0 aliphatic carbocycles. The van der Waals surface area contributed by atoms with Crippen molar-refractivity contribution >= 4 is 40.7 Å². The van der Waals surface area contributed by atoms with E-state index in [1.54, 1.807) is 0 Å². The molecule has 0 aliphatic rings. The first-order chi connectivity index (χ1) is 12.9. The van der Waals surface area contributed by atoms with E-state index in [2.05, 4.69) is 32.7 Å². The van der Waals surface area contributed by atoms with Crippen molar-refractivity contribution in [2.24, 2.45) is 4.99 Å². The second-order valence-corrected chi connectivity index (χ2v) is 5.76. The third kappa shape index (κ3) is 6.39. The van der Waals surface area contributed by atoms with Gasteiger partial charge in [0.25, 0.3) is 0 Å². The van der Waals surface area contributed by atoms with Crippen molar-refractivity contribution in [2.45, 2.75) is 13.5 Å². The molecule has 0 aliphatic heterocycles. The van der Waals surface area contributed by atoms with E-state index in [9.17, 15) is 0 Å². The molecule has 5 nitrogen and oxygen atoms in total. The maximum atomic E-state index is 5.70. The standard InChI is InChI=1S/C21H24N4O.HI/c1-2-22-21(24-14-15-26-18-9-4-3-5-10-18)25-16-20-19-11-7-6-8-17(19)12-13-23-20;/h3-13H,2,14-16H2,1H3,(H2,22,24,25);1H. The fourth-order valence-electron chi connectivity index (χ4n) is 2.66. The first kappa shape index (κ1) is 21.0. The lowest BCUT2D eigenvalue weighted by molar-refractivity contribution is 0.322. The molecule has 0 saturated carbocycles. The van der Waals surface area contributed by atoms with Gasteiger partial charge in [-0.25, -0.2) is 4.99 Å². The number of fused-ring (bicyclic) bond motifs is 1. The minimum absolute atomic E-state index is 0. The molecule has 0 unspecified atom stereocenters. The number of hydrogen-bond acceptors (Lipinski definition) is 3. The van der Waals surface area contributed by atoms with Crippen molar-refractivity contribution in [3.05, 3.63) is 72.6 Å². The van der Waals surface area contributed by atoms with Gasteiger partial charge in [-0.05, 0) is 30.5 Å². The Hall–Kier alpha value is -2.35. The molecule has 3 aromatic rings. The van der Waals surface area contributed by atoms with Crippen molar-refractivity contribution in [3.8, 4) is 5.75 Å². The van der Waals surface area contributed by atoms with Gasteiger partial charge in [-0.15, -0.1) is 24.0 Å². The van der Waals surface area contributed by atoms with E-state index in [0.29, 0.717) is 19.7 Å². The molecular formula is C21H25IN4O. The number of hydrogen-bond donors (Lipinski definition) is 2. The molecule has 27 heavy (non-hydrogen) atoms. The van der Waals surface area contributed by atoms with Crippen LogP contribution in [-0.4, -0.2) is 30.6 Å². The SMILES string of the molecule is CCNC(=NCc1nccc2ccccc12)NCCOc1ccccc1.I. The monoisotopic (exact) mass is 476 g/mol. The summed E-state index contributed by atoms with van der Waals surface area (Å²) in [6, 6.07) is 20.1. The molecule has 0 bridgehead atoms. The number of nitrogens with one attached hydrogen (secondary N) is 2. The van der Waals surface area contributed by atoms with Gasteiger partial charge >= 0.3 is 0 Å². The van der Waals surface area contributed by atoms with Gasteiger partial charge in [-0.1, -0.05) is 42.5 Å². The van der Waals surface area contributed by atoms with E-state index >= 15 is 0 Å². The Morgan fingerprint density at radius 2 is 1.78 bits per heavy atom. The minimum Gasteiger partial charge on any atom is -0.492 e. The van der Waals surface area contributed by atoms with Crippen LogP contribution in [0, 0.1) is 0 Å². The average Bonchev–Trinajstić information content (AvgIpc) is 2.70. The normalized spacial score (nSPS) is 10.9. The van der Waals surface area contributed by atoms with Crippen LogP contribution in [0.3, 0.4) is 0 Å². The Morgan fingerprint density at radius 1 is 1.00 bits per heavy atom. The maximum Gasteiger partial charge on any atom is 0.191 e. The van der Waals surface area contributed by atoms with Crippen LogP contribution in [-0.2, 0) is 6.54 Å². The summed E-state index contributed by atoms with van der Waals surface area (Å²) in [6.07, 6.45) is 1.83. The van der Waals surface area contributed by atoms with Gasteiger partial charge < -0.3 is 15.4 Å². The molecule has 2 aromatic carbocycles. The van der Waals surface area contributed by atoms with Crippen LogP contribution in [0.5, 0.6) is 5.75 Å². The highest BCUT2D eigenvalue weighted by Gasteiger charge is 2.03. The summed E-state index contributed by atoms with van der Waals surface area (Å²) < 4.78 is 5.70. The van der Waals surface area contributed by atoms with Crippen molar-refractivity contribution in [2.75, 3.05) is 19.7 Å². The number of benzene rings is 2. The van der Waals surface area contributed by atoms with Gasteiger partial charge in [0.2, 0.25) is 0 Å². The number of para-hydroxylation sites is 1. The maximum absolute atomic E-state index is 5.70. The largest absolute Gasteiger partial charge is 0.492 e. The highest BCUT2D eigenvalue weighted by atomic mass is 127. The summed E-state index contributed by atoms with van der Waals surface area (Å²) in [6.45, 7) is 4.61. The molecule has 0 atom stereocenters. The van der Waals surface area contributed by atoms with Crippen LogP contribution < -0.4 is 15.4 Å². The predicted molar refractivity (Wildman–Crippen MR) is 122 cm³/mol. The molecule has 1 aromatic heterocycles. The van der Waals surface area contributed by atoms with Crippen LogP contribution in [0.1, 0.15) is 12.6 Å². The fourth-order valence-corrected chi connectivity index (χ4v) is 2.66. The first-order valence-corrected chi connectivity index (χ1v) is 8.89. The van der Waals surface area contributed by atoms with Crippen molar-refractivity contribution in [3.63, 3.8) is 0 Å². The van der Waals surface area contributed by atoms with Gasteiger partial charge in [0.05, 0.1) is 18.8 Å². The van der Waals surface area contributed by atoms with E-state index < -0.39 is 0 Å². The number of rotatable bonds is 7. The molecule has 2 N–H and O–H groups in total. The summed E-state index contributed by atoms with van der Waals surface area (Å²) in [5.41, 5.74) is 0.973. The molecule has 6 heteroatoms. The van der Waals surface area contributed by atoms with E-state index in [0.717, 1.165) is 29.3 Å². The number of pyridine rings is 1. The summed E-state index contributed by atoms with van der Waals surface area (Å²) in [5.74, 6) is 1.63. The molecular weight excluding hydrogens is 451 g/mol. The van der Waals surface area contributed by atoms with E-state index in [1.807, 2.05) is 61.7 Å². The Kier molecular flexibility index (Phi) is 8.83. The number of aliphatic imine (C=N–C) groups is 1. The molecule has 0 fully saturated rings. The predicted octanol–water partition coefficient (Wildman–Crippen LogP) is 3.99. The summed E-state index contributed by atoms with van der Waals surface area (Å²) in [5, 5.41) is 8.87. The van der Waals surface area contributed by atoms with E-state index in [4.69, 9.17) is 4.74 Å². The van der Waals surface area contributed by atoms with Crippen LogP contribution >= 0.6 is 24.0 Å². The Morgan fingerprint density at radius 3 is 2.59 bits per heavy atom. The second-order valence-electron chi connectivity index (χ2n) is 5.76. The quantitative estimate of drug-likeness (QED) is 0.235. The average molecular weight is 476 g/mol. The van der Waals surface area contributed by atoms with Crippen LogP contribution in [0.4, 0.5) is 0 Å². The van der Waals surface area contributed by atoms with Crippen molar-refractivity contribution < 1.29 is 4.74 Å². The molecule has 0 radical (unpaired) electrons. The molecule has 3 rings (SSSR count). The topological polar surface area (TPSA) is 58.5 Å². The fraction of sp³-hybridized carbons (Fsp3) is 0.238. The number of ether oxygens (including phenoxy) is 1. The zero-order valence-corrected chi connectivity index (χ0v) is 17.7. The van der Waals surface area contributed by atoms with Crippen LogP contribution in [0.2, 0.25) is 0 Å². The Labute approximate surface area is 177 Å². The molecule has 142 valence electrons. The zero-order chi connectivity index (χ0) is 18.0. The zero-order valence-electron chi connectivity index (χ0n) is 15.4. The molecule has 0 spiro atoms. The van der Waals surface area contributed by atoms with Crippen molar-refractivity contribution in [1.29, 1.82) is 0 Å². The molecule has 0 amide bonds. The van der Waals surface area contributed by atoms with Gasteiger partial charge in [0.15, 0.2) is 5.96 Å². The highest BCUT2D eigenvalue weighted by Crippen LogP contribution is 2.16. The summed E-state index contributed by atoms with van der Waals surface area (Å²) >= 11 is 0. The lowest BCUT2D eigenvalue weighted by Crippen LogP contribution is -2.39. The lowest BCUT2D eigenvalue weighted by atomic mass is 10.1. The van der Waals surface area contributed by atoms with E-state index in [-0.39, 0.29) is 24.0 Å². The summed E-state index contributed by atoms with van der Waals surface area (Å²) in [7, 11) is 0. The van der Waals surface area contributed by atoms with Crippen LogP contribution in [0.25, 0.3) is 10.8 Å². The second kappa shape index (κ2) is 11.4. The molecule has 0 saturated heterocycles. The number of nitrogens with zero attached hydrogens (tertiary/aromatic N) is 2. The van der Waals surface area contributed by atoms with Gasteiger partial charge in [-0.3, -0.25) is 4.98 Å². The Bertz CT molecular complexity index is 850. The van der Waals surface area contributed by atoms with Gasteiger partial charge in [0, 0.05) is 18.1 Å². The first-order valence-electron chi connectivity index (χ1n) is 8.89. The van der Waals surface area contributed by atoms with Gasteiger partial charge in [-0.2, -0.15) is 0 Å². The van der Waals surface area contributed by atoms with E-state index in [1.165, 1.54) is 5.39 Å².